The van der Waals surface area contributed by atoms with Gasteiger partial charge in [-0.25, -0.2) is 9.97 Å². The van der Waals surface area contributed by atoms with E-state index in [0.29, 0.717) is 22.8 Å². The molecule has 1 aromatic heterocycles. The number of amides is 2. The monoisotopic (exact) mass is 501 g/mol. The number of hydrogen-bond acceptors (Lipinski definition) is 5. The van der Waals surface area contributed by atoms with Crippen molar-refractivity contribution in [3.05, 3.63) is 114 Å². The van der Waals surface area contributed by atoms with E-state index in [1.54, 1.807) is 38.4 Å². The highest BCUT2D eigenvalue weighted by molar-refractivity contribution is 6.05. The van der Waals surface area contributed by atoms with Gasteiger partial charge in [-0.2, -0.15) is 0 Å². The van der Waals surface area contributed by atoms with Gasteiger partial charge >= 0.3 is 0 Å². The van der Waals surface area contributed by atoms with Gasteiger partial charge in [0, 0.05) is 47.5 Å². The van der Waals surface area contributed by atoms with Gasteiger partial charge in [-0.1, -0.05) is 54.6 Å². The minimum absolute atomic E-state index is 0.123. The van der Waals surface area contributed by atoms with Crippen LogP contribution < -0.4 is 10.6 Å². The Hall–Kier alpha value is -5.04. The Labute approximate surface area is 221 Å². The number of anilines is 3. The highest BCUT2D eigenvalue weighted by Crippen LogP contribution is 2.28. The van der Waals surface area contributed by atoms with E-state index in [-0.39, 0.29) is 11.8 Å². The molecule has 0 aliphatic rings. The van der Waals surface area contributed by atoms with Crippen molar-refractivity contribution in [3.8, 4) is 11.3 Å². The predicted molar refractivity (Wildman–Crippen MR) is 152 cm³/mol. The summed E-state index contributed by atoms with van der Waals surface area (Å²) >= 11 is 0. The molecule has 1 heterocycles. The first-order valence-electron chi connectivity index (χ1n) is 12.2. The molecule has 0 unspecified atom stereocenters. The molecule has 0 fully saturated rings. The lowest BCUT2D eigenvalue weighted by atomic mass is 10.1. The van der Waals surface area contributed by atoms with Crippen molar-refractivity contribution in [1.82, 2.24) is 14.9 Å². The Morgan fingerprint density at radius 2 is 1.45 bits per heavy atom. The number of aryl methyl sites for hydroxylation is 1. The molecule has 38 heavy (non-hydrogen) atoms. The number of nitrogens with one attached hydrogen (secondary N) is 2. The third-order valence-electron chi connectivity index (χ3n) is 6.19. The zero-order valence-corrected chi connectivity index (χ0v) is 21.4. The molecule has 0 aliphatic heterocycles. The molecule has 2 N–H and O–H groups in total. The molecule has 0 bridgehead atoms. The molecule has 5 aromatic rings. The average Bonchev–Trinajstić information content (AvgIpc) is 2.94. The molecule has 7 nitrogen and oxygen atoms in total. The van der Waals surface area contributed by atoms with Gasteiger partial charge < -0.3 is 15.5 Å². The van der Waals surface area contributed by atoms with Gasteiger partial charge in [0.25, 0.3) is 11.8 Å². The van der Waals surface area contributed by atoms with E-state index in [9.17, 15) is 9.59 Å². The quantitative estimate of drug-likeness (QED) is 0.285. The minimum Gasteiger partial charge on any atom is -0.345 e. The summed E-state index contributed by atoms with van der Waals surface area (Å²) in [5.41, 5.74) is 5.92. The lowest BCUT2D eigenvalue weighted by molar-refractivity contribution is 0.0827. The largest absolute Gasteiger partial charge is 0.345 e. The van der Waals surface area contributed by atoms with E-state index in [0.717, 1.165) is 33.4 Å². The van der Waals surface area contributed by atoms with E-state index in [1.807, 2.05) is 79.7 Å². The first-order chi connectivity index (χ1) is 18.4. The fourth-order valence-electron chi connectivity index (χ4n) is 4.12. The van der Waals surface area contributed by atoms with E-state index >= 15 is 0 Å². The van der Waals surface area contributed by atoms with Gasteiger partial charge in [0.15, 0.2) is 0 Å². The average molecular weight is 502 g/mol. The maximum absolute atomic E-state index is 12.9. The summed E-state index contributed by atoms with van der Waals surface area (Å²) in [6.07, 6.45) is 0. The van der Waals surface area contributed by atoms with Crippen LogP contribution in [-0.4, -0.2) is 40.8 Å². The molecule has 0 saturated carbocycles. The molecule has 0 aliphatic carbocycles. The third-order valence-corrected chi connectivity index (χ3v) is 6.19. The van der Waals surface area contributed by atoms with Crippen LogP contribution in [0.1, 0.15) is 26.3 Å². The minimum atomic E-state index is -0.262. The predicted octanol–water partition coefficient (Wildman–Crippen LogP) is 6.30. The van der Waals surface area contributed by atoms with Gasteiger partial charge in [-0.05, 0) is 55.0 Å². The van der Waals surface area contributed by atoms with Gasteiger partial charge in [0.1, 0.15) is 0 Å². The third kappa shape index (κ3) is 5.22. The van der Waals surface area contributed by atoms with Gasteiger partial charge in [0.2, 0.25) is 5.95 Å². The summed E-state index contributed by atoms with van der Waals surface area (Å²) in [5, 5.41) is 7.16. The van der Waals surface area contributed by atoms with Crippen molar-refractivity contribution in [1.29, 1.82) is 0 Å². The Bertz CT molecular complexity index is 1630. The van der Waals surface area contributed by atoms with E-state index in [2.05, 4.69) is 15.6 Å². The molecule has 7 heteroatoms. The Morgan fingerprint density at radius 1 is 0.763 bits per heavy atom. The topological polar surface area (TPSA) is 87.2 Å². The number of benzene rings is 4. The number of rotatable bonds is 6. The molecular weight excluding hydrogens is 474 g/mol. The zero-order valence-electron chi connectivity index (χ0n) is 21.4. The highest BCUT2D eigenvalue weighted by Gasteiger charge is 2.14. The Balaban J connectivity index is 1.36. The first kappa shape index (κ1) is 24.6. The van der Waals surface area contributed by atoms with E-state index < -0.39 is 0 Å². The number of fused-ring (bicyclic) bond motifs is 1. The first-order valence-corrected chi connectivity index (χ1v) is 12.2. The molecule has 2 amide bonds. The SMILES string of the molecule is Cc1ccc(C(=O)N(C)C)cc1NC(=O)c1ccc(Nc2nc(-c3ccccc3)c3ccccc3n2)cc1. The lowest BCUT2D eigenvalue weighted by Crippen LogP contribution is -2.22. The summed E-state index contributed by atoms with van der Waals surface area (Å²) < 4.78 is 0. The second kappa shape index (κ2) is 10.5. The summed E-state index contributed by atoms with van der Waals surface area (Å²) in [7, 11) is 3.39. The van der Waals surface area contributed by atoms with Crippen LogP contribution in [0.5, 0.6) is 0 Å². The van der Waals surface area contributed by atoms with Crippen LogP contribution in [0.3, 0.4) is 0 Å². The van der Waals surface area contributed by atoms with Crippen molar-refractivity contribution in [2.24, 2.45) is 0 Å². The molecule has 5 rings (SSSR count). The molecule has 0 atom stereocenters. The number of aromatic nitrogens is 2. The zero-order chi connectivity index (χ0) is 26.6. The number of carbonyl (C=O) groups is 2. The number of nitrogens with zero attached hydrogens (tertiary/aromatic N) is 3. The van der Waals surface area contributed by atoms with Crippen molar-refractivity contribution in [2.75, 3.05) is 24.7 Å². The van der Waals surface area contributed by atoms with Crippen molar-refractivity contribution in [3.63, 3.8) is 0 Å². The maximum Gasteiger partial charge on any atom is 0.255 e. The van der Waals surface area contributed by atoms with Gasteiger partial charge in [0.05, 0.1) is 11.2 Å². The molecule has 188 valence electrons. The van der Waals surface area contributed by atoms with E-state index in [4.69, 9.17) is 4.98 Å². The summed E-state index contributed by atoms with van der Waals surface area (Å²) in [5.74, 6) is 0.0856. The fraction of sp³-hybridized carbons (Fsp3) is 0.0968. The van der Waals surface area contributed by atoms with Gasteiger partial charge in [-0.15, -0.1) is 0 Å². The number of para-hydroxylation sites is 1. The number of hydrogen-bond donors (Lipinski definition) is 2. The van der Waals surface area contributed by atoms with Crippen molar-refractivity contribution in [2.45, 2.75) is 6.92 Å². The second-order valence-corrected chi connectivity index (χ2v) is 9.16. The van der Waals surface area contributed by atoms with Crippen LogP contribution in [0.2, 0.25) is 0 Å². The van der Waals surface area contributed by atoms with Crippen LogP contribution in [-0.2, 0) is 0 Å². The number of carbonyl (C=O) groups excluding carboxylic acids is 2. The van der Waals surface area contributed by atoms with Crippen LogP contribution in [0.4, 0.5) is 17.3 Å². The maximum atomic E-state index is 12.9. The Morgan fingerprint density at radius 3 is 2.18 bits per heavy atom. The standard InChI is InChI=1S/C31H27N5O2/c1-20-13-14-23(30(38)36(2)3)19-27(20)33-29(37)22-15-17-24(18-16-22)32-31-34-26-12-8-7-11-25(26)28(35-31)21-9-5-4-6-10-21/h4-19H,1-3H3,(H,33,37)(H,32,34,35). The summed E-state index contributed by atoms with van der Waals surface area (Å²) in [4.78, 5) is 36.2. The summed E-state index contributed by atoms with van der Waals surface area (Å²) in [6.45, 7) is 1.89. The normalized spacial score (nSPS) is 10.7. The van der Waals surface area contributed by atoms with Crippen LogP contribution in [0, 0.1) is 6.92 Å². The molecule has 0 spiro atoms. The van der Waals surface area contributed by atoms with E-state index in [1.165, 1.54) is 4.90 Å². The molecule has 0 saturated heterocycles. The van der Waals surface area contributed by atoms with Crippen LogP contribution >= 0.6 is 0 Å². The lowest BCUT2D eigenvalue weighted by Gasteiger charge is -2.14. The van der Waals surface area contributed by atoms with Crippen molar-refractivity contribution >= 4 is 40.0 Å². The molecular formula is C31H27N5O2. The smallest absolute Gasteiger partial charge is 0.255 e. The Kier molecular flexibility index (Phi) is 6.82. The fourth-order valence-corrected chi connectivity index (χ4v) is 4.12. The van der Waals surface area contributed by atoms with Crippen LogP contribution in [0.25, 0.3) is 22.2 Å². The van der Waals surface area contributed by atoms with Crippen LogP contribution in [0.15, 0.2) is 97.1 Å². The summed E-state index contributed by atoms with van der Waals surface area (Å²) in [6, 6.07) is 30.3. The van der Waals surface area contributed by atoms with Gasteiger partial charge in [-0.3, -0.25) is 9.59 Å². The second-order valence-electron chi connectivity index (χ2n) is 9.16. The molecule has 0 radical (unpaired) electrons. The van der Waals surface area contributed by atoms with Crippen molar-refractivity contribution < 1.29 is 9.59 Å². The molecule has 4 aromatic carbocycles. The highest BCUT2D eigenvalue weighted by atomic mass is 16.2.